The van der Waals surface area contributed by atoms with Gasteiger partial charge in [0.05, 0.1) is 28.9 Å². The first-order valence-electron chi connectivity index (χ1n) is 14.9. The van der Waals surface area contributed by atoms with Crippen molar-refractivity contribution in [3.63, 3.8) is 0 Å². The minimum Gasteiger partial charge on any atom is -0.508 e. The number of amides is 4. The number of hydrogen-bond donors (Lipinski definition) is 2. The van der Waals surface area contributed by atoms with Crippen molar-refractivity contribution in [3.05, 3.63) is 107 Å². The summed E-state index contributed by atoms with van der Waals surface area (Å²) < 4.78 is 0. The number of likely N-dealkylation sites (tertiary alicyclic amines) is 1. The Morgan fingerprint density at radius 2 is 1.56 bits per heavy atom. The van der Waals surface area contributed by atoms with Gasteiger partial charge in [0, 0.05) is 12.5 Å². The van der Waals surface area contributed by atoms with Gasteiger partial charge in [-0.15, -0.1) is 0 Å². The number of carbonyl (C=O) groups is 4. The molecular weight excluding hydrogens is 542 g/mol. The smallest absolute Gasteiger partial charge is 0.260 e. The van der Waals surface area contributed by atoms with Crippen molar-refractivity contribution in [3.8, 4) is 5.75 Å². The number of allylic oxidation sites excluding steroid dienone is 2. The van der Waals surface area contributed by atoms with Gasteiger partial charge >= 0.3 is 0 Å². The maximum absolute atomic E-state index is 14.9. The molecule has 3 aromatic rings. The van der Waals surface area contributed by atoms with Crippen LogP contribution in [0.2, 0.25) is 0 Å². The Kier molecular flexibility index (Phi) is 6.27. The zero-order valence-corrected chi connectivity index (χ0v) is 24.1. The number of hydrazine groups is 1. The summed E-state index contributed by atoms with van der Waals surface area (Å²) in [6.45, 7) is 4.07. The van der Waals surface area contributed by atoms with Crippen molar-refractivity contribution in [2.24, 2.45) is 23.7 Å². The Hall–Kier alpha value is -4.72. The molecule has 1 saturated carbocycles. The highest BCUT2D eigenvalue weighted by Gasteiger charge is 2.70. The van der Waals surface area contributed by atoms with E-state index in [9.17, 15) is 24.3 Å². The number of carbonyl (C=O) groups excluding carboxylic acids is 4. The maximum Gasteiger partial charge on any atom is 0.260 e. The Bertz CT molecular complexity index is 1670. The van der Waals surface area contributed by atoms with Crippen molar-refractivity contribution in [1.29, 1.82) is 0 Å². The van der Waals surface area contributed by atoms with E-state index in [2.05, 4.69) is 5.43 Å². The summed E-state index contributed by atoms with van der Waals surface area (Å²) >= 11 is 0. The van der Waals surface area contributed by atoms with E-state index in [1.807, 2.05) is 67.6 Å². The molecule has 3 aromatic carbocycles. The number of phenols is 1. The van der Waals surface area contributed by atoms with E-state index < -0.39 is 29.1 Å². The quantitative estimate of drug-likeness (QED) is 0.337. The lowest BCUT2D eigenvalue weighted by molar-refractivity contribution is -0.141. The van der Waals surface area contributed by atoms with Gasteiger partial charge in [-0.3, -0.25) is 29.5 Å². The second-order valence-electron chi connectivity index (χ2n) is 12.1. The highest BCUT2D eigenvalue weighted by atomic mass is 16.3. The van der Waals surface area contributed by atoms with Crippen molar-refractivity contribution >= 4 is 29.3 Å². The molecule has 2 saturated heterocycles. The van der Waals surface area contributed by atoms with Crippen LogP contribution in [0, 0.1) is 30.6 Å². The van der Waals surface area contributed by atoms with E-state index in [4.69, 9.17) is 0 Å². The van der Waals surface area contributed by atoms with Crippen molar-refractivity contribution in [2.45, 2.75) is 38.0 Å². The molecule has 8 heteroatoms. The molecule has 43 heavy (non-hydrogen) atoms. The number of benzene rings is 3. The van der Waals surface area contributed by atoms with Gasteiger partial charge in [-0.25, -0.2) is 0 Å². The molecule has 2 N–H and O–H groups in total. The van der Waals surface area contributed by atoms with Crippen LogP contribution >= 0.6 is 0 Å². The third-order valence-corrected chi connectivity index (χ3v) is 10.0. The highest BCUT2D eigenvalue weighted by molar-refractivity contribution is 6.13. The van der Waals surface area contributed by atoms with Crippen LogP contribution in [0.25, 0.3) is 0 Å². The number of nitrogens with one attached hydrogen (secondary N) is 1. The lowest BCUT2D eigenvalue weighted by atomic mass is 9.49. The Morgan fingerprint density at radius 3 is 2.23 bits per heavy atom. The van der Waals surface area contributed by atoms with Gasteiger partial charge in [-0.2, -0.15) is 5.01 Å². The summed E-state index contributed by atoms with van der Waals surface area (Å²) in [6, 6.07) is 23.7. The van der Waals surface area contributed by atoms with Crippen LogP contribution in [-0.2, 0) is 24.6 Å². The predicted molar refractivity (Wildman–Crippen MR) is 159 cm³/mol. The van der Waals surface area contributed by atoms with E-state index in [0.717, 1.165) is 27.3 Å². The van der Waals surface area contributed by atoms with E-state index in [0.29, 0.717) is 18.7 Å². The number of imide groups is 2. The summed E-state index contributed by atoms with van der Waals surface area (Å²) in [5.74, 6) is -3.82. The van der Waals surface area contributed by atoms with Crippen molar-refractivity contribution in [1.82, 2.24) is 9.91 Å². The van der Waals surface area contributed by atoms with Gasteiger partial charge in [-0.1, -0.05) is 71.8 Å². The van der Waals surface area contributed by atoms with E-state index >= 15 is 0 Å². The Morgan fingerprint density at radius 1 is 0.860 bits per heavy atom. The fourth-order valence-corrected chi connectivity index (χ4v) is 8.17. The molecule has 3 fully saturated rings. The third-order valence-electron chi connectivity index (χ3n) is 10.0. The number of anilines is 1. The number of fused-ring (bicyclic) bond motifs is 4. The van der Waals surface area contributed by atoms with Crippen LogP contribution in [0.4, 0.5) is 5.69 Å². The average molecular weight is 576 g/mol. The largest absolute Gasteiger partial charge is 0.508 e. The molecule has 0 spiro atoms. The van der Waals surface area contributed by atoms with E-state index in [-0.39, 0.29) is 41.7 Å². The van der Waals surface area contributed by atoms with Crippen LogP contribution < -0.4 is 5.43 Å². The molecular formula is C35H33N3O5. The first kappa shape index (κ1) is 27.1. The topological polar surface area (TPSA) is 107 Å². The van der Waals surface area contributed by atoms with Crippen molar-refractivity contribution in [2.75, 3.05) is 12.0 Å². The van der Waals surface area contributed by atoms with E-state index in [1.165, 1.54) is 4.90 Å². The number of rotatable bonds is 5. The summed E-state index contributed by atoms with van der Waals surface area (Å²) in [7, 11) is 0. The molecule has 8 nitrogen and oxygen atoms in total. The van der Waals surface area contributed by atoms with Crippen LogP contribution in [-0.4, -0.2) is 45.2 Å². The fraction of sp³-hybridized carbons (Fsp3) is 0.314. The lowest BCUT2D eigenvalue weighted by Gasteiger charge is -2.50. The monoisotopic (exact) mass is 575 g/mol. The van der Waals surface area contributed by atoms with Gasteiger partial charge in [0.1, 0.15) is 5.75 Å². The normalized spacial score (nSPS) is 29.7. The van der Waals surface area contributed by atoms with Crippen LogP contribution in [0.3, 0.4) is 0 Å². The molecule has 7 rings (SSSR count). The van der Waals surface area contributed by atoms with Gasteiger partial charge in [0.25, 0.3) is 11.8 Å². The maximum atomic E-state index is 14.9. The molecule has 4 aliphatic rings. The molecule has 6 atom stereocenters. The molecule has 4 amide bonds. The number of phenolic OH excluding ortho intramolecular Hbond substituents is 1. The zero-order chi connectivity index (χ0) is 30.0. The van der Waals surface area contributed by atoms with Crippen molar-refractivity contribution < 1.29 is 24.3 Å². The Labute approximate surface area is 250 Å². The summed E-state index contributed by atoms with van der Waals surface area (Å²) in [4.78, 5) is 57.8. The number of aryl methyl sites for hydroxylation is 1. The zero-order valence-electron chi connectivity index (χ0n) is 24.1. The average Bonchev–Trinajstić information content (AvgIpc) is 3.39. The molecule has 2 aliphatic heterocycles. The SMILES string of the molecule is CCN1C(=O)[C@H]2[C@H](CC=C3[C@H]2C[C@H]2C(=O)N(Nc4ccc(C)cc4)C(=O)[C@@]2(c2ccccc2)[C@H]3c2ccc(O)cc2)C1=O. The molecule has 0 aromatic heterocycles. The first-order valence-corrected chi connectivity index (χ1v) is 14.9. The van der Waals surface area contributed by atoms with Crippen LogP contribution in [0.15, 0.2) is 90.5 Å². The minimum absolute atomic E-state index is 0.0887. The molecule has 2 heterocycles. The molecule has 0 unspecified atom stereocenters. The highest BCUT2D eigenvalue weighted by Crippen LogP contribution is 2.64. The standard InChI is InChI=1S/C35H33N3O5/c1-3-37-31(40)26-18-17-25-27(29(26)33(37)42)19-28-32(41)38(36-23-13-9-20(2)10-14-23)34(43)35(28,22-7-5-4-6-8-22)30(25)21-11-15-24(39)16-12-21/h4-17,26-30,36,39H,3,18-19H2,1-2H3/t26-,27+,28-,29-,30-,35+/m0/s1. The lowest BCUT2D eigenvalue weighted by Crippen LogP contribution is -2.53. The number of hydrogen-bond acceptors (Lipinski definition) is 6. The second kappa shape index (κ2) is 9.93. The van der Waals surface area contributed by atoms with Gasteiger partial charge in [0.15, 0.2) is 0 Å². The molecule has 0 bridgehead atoms. The van der Waals surface area contributed by atoms with Crippen LogP contribution in [0.5, 0.6) is 5.75 Å². The molecule has 218 valence electrons. The number of aromatic hydroxyl groups is 1. The van der Waals surface area contributed by atoms with Gasteiger partial charge in [-0.05, 0) is 68.0 Å². The van der Waals surface area contributed by atoms with Gasteiger partial charge in [0.2, 0.25) is 11.8 Å². The molecule has 2 aliphatic carbocycles. The van der Waals surface area contributed by atoms with E-state index in [1.54, 1.807) is 31.2 Å². The second-order valence-corrected chi connectivity index (χ2v) is 12.1. The summed E-state index contributed by atoms with van der Waals surface area (Å²) in [6.07, 6.45) is 2.71. The van der Waals surface area contributed by atoms with Gasteiger partial charge < -0.3 is 5.11 Å². The fourth-order valence-electron chi connectivity index (χ4n) is 8.17. The molecule has 0 radical (unpaired) electrons. The summed E-state index contributed by atoms with van der Waals surface area (Å²) in [5.41, 5.74) is 5.85. The Balaban J connectivity index is 1.44. The summed E-state index contributed by atoms with van der Waals surface area (Å²) in [5, 5.41) is 11.3. The predicted octanol–water partition coefficient (Wildman–Crippen LogP) is 4.71. The number of nitrogens with zero attached hydrogens (tertiary/aromatic N) is 2. The minimum atomic E-state index is -1.31. The third kappa shape index (κ3) is 3.82. The van der Waals surface area contributed by atoms with Crippen LogP contribution in [0.1, 0.15) is 42.4 Å². The first-order chi connectivity index (χ1) is 20.8.